The molecule has 2 aromatic rings. The maximum atomic E-state index is 4.60. The number of piperazine rings is 1. The van der Waals surface area contributed by atoms with Crippen LogP contribution >= 0.6 is 11.8 Å². The number of nitrogens with one attached hydrogen (secondary N) is 1. The van der Waals surface area contributed by atoms with Crippen molar-refractivity contribution < 1.29 is 0 Å². The van der Waals surface area contributed by atoms with Gasteiger partial charge < -0.3 is 20.0 Å². The van der Waals surface area contributed by atoms with Crippen molar-refractivity contribution in [3.63, 3.8) is 0 Å². The van der Waals surface area contributed by atoms with Crippen LogP contribution in [0.5, 0.6) is 0 Å². The van der Waals surface area contributed by atoms with Gasteiger partial charge in [-0.2, -0.15) is 0 Å². The van der Waals surface area contributed by atoms with E-state index in [-0.39, 0.29) is 0 Å². The predicted octanol–water partition coefficient (Wildman–Crippen LogP) is 3.02. The lowest BCUT2D eigenvalue weighted by Gasteiger charge is -2.33. The quantitative estimate of drug-likeness (QED) is 0.425. The Morgan fingerprint density at radius 3 is 2.71 bits per heavy atom. The van der Waals surface area contributed by atoms with Gasteiger partial charge in [0.1, 0.15) is 5.82 Å². The third-order valence-electron chi connectivity index (χ3n) is 6.11. The molecule has 7 heteroatoms. The molecule has 6 nitrogen and oxygen atoms in total. The maximum Gasteiger partial charge on any atom is 0.193 e. The first-order chi connectivity index (χ1) is 15.2. The molecular formula is C24H34N6S. The molecule has 2 aliphatic rings. The van der Waals surface area contributed by atoms with Crippen LogP contribution in [0.1, 0.15) is 12.0 Å². The maximum absolute atomic E-state index is 4.60. The molecule has 0 spiro atoms. The molecule has 31 heavy (non-hydrogen) atoms. The van der Waals surface area contributed by atoms with Gasteiger partial charge in [0.05, 0.1) is 0 Å². The fourth-order valence-corrected chi connectivity index (χ4v) is 5.23. The molecule has 4 rings (SSSR count). The van der Waals surface area contributed by atoms with Crippen molar-refractivity contribution in [2.75, 3.05) is 64.0 Å². The highest BCUT2D eigenvalue weighted by Gasteiger charge is 2.25. The first-order valence-corrected chi connectivity index (χ1v) is 12.2. The lowest BCUT2D eigenvalue weighted by molar-refractivity contribution is 0.312. The number of hydrogen-bond acceptors (Lipinski definition) is 5. The normalized spacial score (nSPS) is 20.3. The second kappa shape index (κ2) is 10.9. The van der Waals surface area contributed by atoms with Crippen LogP contribution in [0.2, 0.25) is 0 Å². The van der Waals surface area contributed by atoms with Crippen molar-refractivity contribution in [1.29, 1.82) is 0 Å². The van der Waals surface area contributed by atoms with Crippen LogP contribution in [0.3, 0.4) is 0 Å². The predicted molar refractivity (Wildman–Crippen MR) is 131 cm³/mol. The lowest BCUT2D eigenvalue weighted by Crippen LogP contribution is -2.44. The molecule has 0 radical (unpaired) electrons. The van der Waals surface area contributed by atoms with Crippen LogP contribution < -0.4 is 10.2 Å². The van der Waals surface area contributed by atoms with Crippen LogP contribution in [0.25, 0.3) is 0 Å². The highest BCUT2D eigenvalue weighted by molar-refractivity contribution is 7.99. The summed E-state index contributed by atoms with van der Waals surface area (Å²) in [6, 6.07) is 15.0. The Labute approximate surface area is 190 Å². The summed E-state index contributed by atoms with van der Waals surface area (Å²) < 4.78 is 0. The Morgan fingerprint density at radius 2 is 1.94 bits per heavy atom. The van der Waals surface area contributed by atoms with Crippen LogP contribution in [0, 0.1) is 5.92 Å². The summed E-state index contributed by atoms with van der Waals surface area (Å²) in [6.45, 7) is 7.18. The van der Waals surface area contributed by atoms with Crippen molar-refractivity contribution in [1.82, 2.24) is 20.1 Å². The average Bonchev–Trinajstić information content (AvgIpc) is 3.28. The zero-order valence-corrected chi connectivity index (χ0v) is 19.5. The molecule has 2 saturated heterocycles. The Balaban J connectivity index is 1.26. The van der Waals surface area contributed by atoms with Crippen LogP contribution in [-0.2, 0) is 6.54 Å². The Hall–Kier alpha value is -2.25. The summed E-state index contributed by atoms with van der Waals surface area (Å²) in [5, 5.41) is 3.57. The van der Waals surface area contributed by atoms with Gasteiger partial charge in [0.2, 0.25) is 0 Å². The molecule has 1 aromatic heterocycles. The number of rotatable bonds is 6. The first-order valence-electron chi connectivity index (χ1n) is 11.2. The van der Waals surface area contributed by atoms with E-state index in [1.165, 1.54) is 16.9 Å². The molecule has 3 heterocycles. The van der Waals surface area contributed by atoms with E-state index in [9.17, 15) is 0 Å². The van der Waals surface area contributed by atoms with E-state index in [4.69, 9.17) is 0 Å². The summed E-state index contributed by atoms with van der Waals surface area (Å²) in [7, 11) is 4.07. The topological polar surface area (TPSA) is 47.0 Å². The number of anilines is 1. The summed E-state index contributed by atoms with van der Waals surface area (Å²) >= 11 is 1.96. The number of benzene rings is 1. The lowest BCUT2D eigenvalue weighted by atomic mass is 10.2. The van der Waals surface area contributed by atoms with Crippen molar-refractivity contribution in [3.05, 3.63) is 54.2 Å². The minimum atomic E-state index is 0.702. The van der Waals surface area contributed by atoms with E-state index in [0.29, 0.717) is 5.92 Å². The SMILES string of the molecule is CN=C(NCc1ccnc(N2CCN(C)CC2)c1)N1CCC(CSc2ccccc2)C1. The molecule has 2 fully saturated rings. The van der Waals surface area contributed by atoms with Gasteiger partial charge in [-0.3, -0.25) is 4.99 Å². The van der Waals surface area contributed by atoms with Gasteiger partial charge >= 0.3 is 0 Å². The summed E-state index contributed by atoms with van der Waals surface area (Å²) in [5.41, 5.74) is 1.25. The third kappa shape index (κ3) is 6.14. The van der Waals surface area contributed by atoms with E-state index < -0.39 is 0 Å². The van der Waals surface area contributed by atoms with Gasteiger partial charge in [0.15, 0.2) is 5.96 Å². The number of aromatic nitrogens is 1. The third-order valence-corrected chi connectivity index (χ3v) is 7.36. The van der Waals surface area contributed by atoms with Crippen molar-refractivity contribution >= 4 is 23.5 Å². The van der Waals surface area contributed by atoms with Crippen LogP contribution in [-0.4, -0.2) is 79.9 Å². The average molecular weight is 439 g/mol. The molecule has 0 saturated carbocycles. The number of guanidine groups is 1. The number of hydrogen-bond donors (Lipinski definition) is 1. The molecule has 0 bridgehead atoms. The fraction of sp³-hybridized carbons (Fsp3) is 0.500. The number of likely N-dealkylation sites (N-methyl/N-ethyl adjacent to an activating group) is 1. The van der Waals surface area contributed by atoms with E-state index in [0.717, 1.165) is 63.3 Å². The summed E-state index contributed by atoms with van der Waals surface area (Å²) in [4.78, 5) is 17.7. The zero-order chi connectivity index (χ0) is 21.5. The Morgan fingerprint density at radius 1 is 1.13 bits per heavy atom. The Kier molecular flexibility index (Phi) is 7.70. The monoisotopic (exact) mass is 438 g/mol. The van der Waals surface area contributed by atoms with Crippen LogP contribution in [0.4, 0.5) is 5.82 Å². The molecule has 0 amide bonds. The van der Waals surface area contributed by atoms with Crippen LogP contribution in [0.15, 0.2) is 58.5 Å². The smallest absolute Gasteiger partial charge is 0.193 e. The first kappa shape index (κ1) is 22.0. The molecule has 1 unspecified atom stereocenters. The van der Waals surface area contributed by atoms with Crippen molar-refractivity contribution in [2.45, 2.75) is 17.9 Å². The van der Waals surface area contributed by atoms with Gasteiger partial charge in [-0.05, 0) is 49.2 Å². The molecule has 1 aromatic carbocycles. The molecular weight excluding hydrogens is 404 g/mol. The number of nitrogens with zero attached hydrogens (tertiary/aromatic N) is 5. The standard InChI is InChI=1S/C24H34N6S/c1-25-24(30-11-9-21(18-30)19-31-22-6-4-3-5-7-22)27-17-20-8-10-26-23(16-20)29-14-12-28(2)13-15-29/h3-8,10,16,21H,9,11-15,17-19H2,1-2H3,(H,25,27). The van der Waals surface area contributed by atoms with E-state index >= 15 is 0 Å². The number of likely N-dealkylation sites (tertiary alicyclic amines) is 1. The molecule has 1 N–H and O–H groups in total. The summed E-state index contributed by atoms with van der Waals surface area (Å²) in [6.07, 6.45) is 3.16. The van der Waals surface area contributed by atoms with Gasteiger partial charge in [0.25, 0.3) is 0 Å². The van der Waals surface area contributed by atoms with Gasteiger partial charge in [0, 0.05) is 69.7 Å². The zero-order valence-electron chi connectivity index (χ0n) is 18.7. The fourth-order valence-electron chi connectivity index (χ4n) is 4.18. The summed E-state index contributed by atoms with van der Waals surface area (Å²) in [5.74, 6) is 3.95. The Bertz CT molecular complexity index is 850. The second-order valence-corrected chi connectivity index (χ2v) is 9.53. The van der Waals surface area contributed by atoms with Gasteiger partial charge in [-0.25, -0.2) is 4.98 Å². The highest BCUT2D eigenvalue weighted by atomic mass is 32.2. The second-order valence-electron chi connectivity index (χ2n) is 8.44. The number of thioether (sulfide) groups is 1. The van der Waals surface area contributed by atoms with Gasteiger partial charge in [-0.1, -0.05) is 18.2 Å². The van der Waals surface area contributed by atoms with Crippen molar-refractivity contribution in [3.8, 4) is 0 Å². The van der Waals surface area contributed by atoms with E-state index in [2.05, 4.69) is 79.5 Å². The van der Waals surface area contributed by atoms with Gasteiger partial charge in [-0.15, -0.1) is 11.8 Å². The van der Waals surface area contributed by atoms with E-state index in [1.807, 2.05) is 25.0 Å². The van der Waals surface area contributed by atoms with Crippen molar-refractivity contribution in [2.24, 2.45) is 10.9 Å². The minimum absolute atomic E-state index is 0.702. The number of pyridine rings is 1. The van der Waals surface area contributed by atoms with E-state index in [1.54, 1.807) is 0 Å². The largest absolute Gasteiger partial charge is 0.354 e. The number of aliphatic imine (C=N–C) groups is 1. The highest BCUT2D eigenvalue weighted by Crippen LogP contribution is 2.26. The molecule has 2 aliphatic heterocycles. The minimum Gasteiger partial charge on any atom is -0.354 e. The molecule has 1 atom stereocenters. The molecule has 166 valence electrons. The molecule has 0 aliphatic carbocycles.